The lowest BCUT2D eigenvalue weighted by molar-refractivity contribution is -0.109. The Labute approximate surface area is 197 Å². The van der Waals surface area contributed by atoms with E-state index < -0.39 is 0 Å². The summed E-state index contributed by atoms with van der Waals surface area (Å²) in [7, 11) is 0. The van der Waals surface area contributed by atoms with Crippen LogP contribution in [0, 0.1) is 17.3 Å². The Hall–Kier alpha value is -1.39. The van der Waals surface area contributed by atoms with Crippen LogP contribution in [0.2, 0.25) is 0 Å². The minimum absolute atomic E-state index is 0.319. The highest BCUT2D eigenvalue weighted by molar-refractivity contribution is 5.56. The summed E-state index contributed by atoms with van der Waals surface area (Å²) in [6.07, 6.45) is 7.67. The molecular formula is C28H49N3O. The van der Waals surface area contributed by atoms with E-state index in [2.05, 4.69) is 75.6 Å². The van der Waals surface area contributed by atoms with Crippen molar-refractivity contribution in [2.24, 2.45) is 23.0 Å². The van der Waals surface area contributed by atoms with Gasteiger partial charge in [0.15, 0.2) is 0 Å². The molecule has 0 radical (unpaired) electrons. The Morgan fingerprint density at radius 3 is 2.28 bits per heavy atom. The molecule has 1 saturated heterocycles. The number of carbonyl (C=O) groups excluding carboxylic acids is 1. The van der Waals surface area contributed by atoms with Crippen LogP contribution in [0.4, 0.5) is 5.69 Å². The smallest absolute Gasteiger partial charge is 0.136 e. The van der Waals surface area contributed by atoms with Crippen LogP contribution < -0.4 is 10.6 Å². The minimum atomic E-state index is -0.319. The van der Waals surface area contributed by atoms with E-state index in [9.17, 15) is 4.79 Å². The molecule has 2 atom stereocenters. The Morgan fingerprint density at radius 1 is 1.12 bits per heavy atom. The Morgan fingerprint density at radius 2 is 1.75 bits per heavy atom. The first-order valence-electron chi connectivity index (χ1n) is 12.9. The van der Waals surface area contributed by atoms with Gasteiger partial charge < -0.3 is 20.3 Å². The fourth-order valence-electron chi connectivity index (χ4n) is 4.74. The van der Waals surface area contributed by atoms with E-state index in [0.29, 0.717) is 23.3 Å². The van der Waals surface area contributed by atoms with E-state index >= 15 is 0 Å². The number of likely N-dealkylation sites (tertiary alicyclic amines) is 1. The number of aryl methyl sites for hydroxylation is 1. The maximum atomic E-state index is 10.9. The van der Waals surface area contributed by atoms with Crippen LogP contribution in [-0.4, -0.2) is 49.4 Å². The van der Waals surface area contributed by atoms with Gasteiger partial charge in [-0.05, 0) is 73.5 Å². The second-order valence-electron chi connectivity index (χ2n) is 11.8. The van der Waals surface area contributed by atoms with Gasteiger partial charge >= 0.3 is 0 Å². The number of benzene rings is 1. The average Bonchev–Trinajstić information content (AvgIpc) is 2.73. The van der Waals surface area contributed by atoms with Crippen LogP contribution in [0.5, 0.6) is 0 Å². The summed E-state index contributed by atoms with van der Waals surface area (Å²) in [5, 5.41) is 0. The molecule has 0 bridgehead atoms. The van der Waals surface area contributed by atoms with Crippen molar-refractivity contribution in [2.45, 2.75) is 92.2 Å². The fraction of sp³-hybridized carbons (Fsp3) is 0.750. The largest absolute Gasteiger partial charge is 0.368 e. The summed E-state index contributed by atoms with van der Waals surface area (Å²) in [4.78, 5) is 16.1. The van der Waals surface area contributed by atoms with Gasteiger partial charge in [0.25, 0.3) is 0 Å². The van der Waals surface area contributed by atoms with E-state index in [4.69, 9.17) is 5.73 Å². The van der Waals surface area contributed by atoms with E-state index in [1.165, 1.54) is 36.9 Å². The minimum Gasteiger partial charge on any atom is -0.368 e. The van der Waals surface area contributed by atoms with Crippen molar-refractivity contribution in [3.05, 3.63) is 29.8 Å². The highest BCUT2D eigenvalue weighted by Gasteiger charge is 2.26. The molecule has 32 heavy (non-hydrogen) atoms. The van der Waals surface area contributed by atoms with Gasteiger partial charge in [0.05, 0.1) is 6.04 Å². The summed E-state index contributed by atoms with van der Waals surface area (Å²) >= 11 is 0. The average molecular weight is 444 g/mol. The first-order valence-corrected chi connectivity index (χ1v) is 12.9. The van der Waals surface area contributed by atoms with Gasteiger partial charge in [-0.2, -0.15) is 0 Å². The number of rotatable bonds is 12. The summed E-state index contributed by atoms with van der Waals surface area (Å²) in [5.74, 6) is 1.18. The first-order chi connectivity index (χ1) is 15.1. The normalized spacial score (nSPS) is 18.0. The SMILES string of the molecule is CC(C)CCN(c1ccc(CCC(C)(C)C)cc1)C1CCN(CC(C)CC(N)C=O)CC1. The highest BCUT2D eigenvalue weighted by Crippen LogP contribution is 2.27. The molecular weight excluding hydrogens is 394 g/mol. The van der Waals surface area contributed by atoms with Crippen molar-refractivity contribution in [3.8, 4) is 0 Å². The predicted molar refractivity (Wildman–Crippen MR) is 138 cm³/mol. The summed E-state index contributed by atoms with van der Waals surface area (Å²) in [5.41, 5.74) is 9.03. The molecule has 2 rings (SSSR count). The van der Waals surface area contributed by atoms with Crippen LogP contribution in [0.25, 0.3) is 0 Å². The molecule has 2 N–H and O–H groups in total. The maximum Gasteiger partial charge on any atom is 0.136 e. The molecule has 1 aromatic rings. The zero-order valence-electron chi connectivity index (χ0n) is 21.6. The van der Waals surface area contributed by atoms with Gasteiger partial charge in [-0.25, -0.2) is 0 Å². The fourth-order valence-corrected chi connectivity index (χ4v) is 4.74. The van der Waals surface area contributed by atoms with Crippen molar-refractivity contribution >= 4 is 12.0 Å². The zero-order chi connectivity index (χ0) is 23.7. The lowest BCUT2D eigenvalue weighted by Crippen LogP contribution is -2.46. The number of carbonyl (C=O) groups is 1. The third kappa shape index (κ3) is 9.62. The topological polar surface area (TPSA) is 49.6 Å². The van der Waals surface area contributed by atoms with Gasteiger partial charge in [0.1, 0.15) is 6.29 Å². The van der Waals surface area contributed by atoms with Gasteiger partial charge in [-0.3, -0.25) is 0 Å². The third-order valence-corrected chi connectivity index (χ3v) is 6.80. The number of hydrogen-bond donors (Lipinski definition) is 1. The lowest BCUT2D eigenvalue weighted by atomic mass is 9.88. The maximum absolute atomic E-state index is 10.9. The molecule has 0 spiro atoms. The molecule has 0 aromatic heterocycles. The number of nitrogens with two attached hydrogens (primary N) is 1. The Kier molecular flexibility index (Phi) is 10.7. The van der Waals surface area contributed by atoms with E-state index in [1.807, 2.05) is 0 Å². The van der Waals surface area contributed by atoms with Gasteiger partial charge in [-0.1, -0.05) is 53.7 Å². The van der Waals surface area contributed by atoms with Crippen molar-refractivity contribution in [1.29, 1.82) is 0 Å². The lowest BCUT2D eigenvalue weighted by Gasteiger charge is -2.41. The number of anilines is 1. The molecule has 182 valence electrons. The van der Waals surface area contributed by atoms with Gasteiger partial charge in [0.2, 0.25) is 0 Å². The second kappa shape index (κ2) is 12.7. The number of nitrogens with zero attached hydrogens (tertiary/aromatic N) is 2. The zero-order valence-corrected chi connectivity index (χ0v) is 21.6. The predicted octanol–water partition coefficient (Wildman–Crippen LogP) is 5.53. The van der Waals surface area contributed by atoms with Crippen LogP contribution >= 0.6 is 0 Å². The second-order valence-corrected chi connectivity index (χ2v) is 11.8. The molecule has 2 unspecified atom stereocenters. The van der Waals surface area contributed by atoms with Crippen LogP contribution in [-0.2, 0) is 11.2 Å². The summed E-state index contributed by atoms with van der Waals surface area (Å²) in [6.45, 7) is 18.3. The number of aldehydes is 1. The summed E-state index contributed by atoms with van der Waals surface area (Å²) in [6, 6.07) is 9.69. The Bertz CT molecular complexity index is 656. The molecule has 1 heterocycles. The first kappa shape index (κ1) is 26.9. The molecule has 0 amide bonds. The molecule has 1 fully saturated rings. The van der Waals surface area contributed by atoms with E-state index in [1.54, 1.807) is 0 Å². The Balaban J connectivity index is 1.97. The molecule has 1 aliphatic heterocycles. The molecule has 0 aliphatic carbocycles. The third-order valence-electron chi connectivity index (χ3n) is 6.80. The van der Waals surface area contributed by atoms with Crippen molar-refractivity contribution < 1.29 is 4.79 Å². The van der Waals surface area contributed by atoms with Gasteiger partial charge in [0, 0.05) is 37.9 Å². The van der Waals surface area contributed by atoms with Crippen molar-refractivity contribution in [1.82, 2.24) is 4.90 Å². The standard InChI is InChI=1S/C28H49N3O/c1-22(2)12-18-31(26-9-7-24(8-10-26)11-15-28(4,5)6)27-13-16-30(17-14-27)20-23(3)19-25(29)21-32/h7-10,21-23,25,27H,11-20,29H2,1-6H3. The van der Waals surface area contributed by atoms with Crippen molar-refractivity contribution in [2.75, 3.05) is 31.1 Å². The molecule has 1 aromatic carbocycles. The van der Waals surface area contributed by atoms with E-state index in [0.717, 1.165) is 45.3 Å². The summed E-state index contributed by atoms with van der Waals surface area (Å²) < 4.78 is 0. The van der Waals surface area contributed by atoms with Crippen LogP contribution in [0.1, 0.15) is 79.2 Å². The molecule has 0 saturated carbocycles. The molecule has 1 aliphatic rings. The van der Waals surface area contributed by atoms with E-state index in [-0.39, 0.29) is 6.04 Å². The quantitative estimate of drug-likeness (QED) is 0.431. The van der Waals surface area contributed by atoms with Crippen molar-refractivity contribution in [3.63, 3.8) is 0 Å². The van der Waals surface area contributed by atoms with Crippen LogP contribution in [0.15, 0.2) is 24.3 Å². The highest BCUT2D eigenvalue weighted by atomic mass is 16.1. The number of piperidine rings is 1. The monoisotopic (exact) mass is 443 g/mol. The molecule has 4 nitrogen and oxygen atoms in total. The number of hydrogen-bond acceptors (Lipinski definition) is 4. The van der Waals surface area contributed by atoms with Crippen LogP contribution in [0.3, 0.4) is 0 Å². The molecule has 4 heteroatoms. The van der Waals surface area contributed by atoms with Gasteiger partial charge in [-0.15, -0.1) is 0 Å².